The Bertz CT molecular complexity index is 980. The van der Waals surface area contributed by atoms with Crippen molar-refractivity contribution >= 4 is 0 Å². The van der Waals surface area contributed by atoms with Crippen LogP contribution in [0.2, 0.25) is 0 Å². The fourth-order valence-corrected chi connectivity index (χ4v) is 3.74. The standard InChI is InChI=1S/C23H28N4O3/c1-17-6-4-5-7-19(17)15-26-10-12-27(13-11-26)16-22-24-23(25-30-22)18-8-9-20(28-2)21(14-18)29-3/h4-9,14H,10-13,15-16H2,1-3H3. The van der Waals surface area contributed by atoms with Crippen LogP contribution < -0.4 is 9.47 Å². The molecule has 3 aromatic rings. The van der Waals surface area contributed by atoms with Crippen molar-refractivity contribution in [2.45, 2.75) is 20.0 Å². The van der Waals surface area contributed by atoms with Crippen LogP contribution in [0.15, 0.2) is 47.0 Å². The van der Waals surface area contributed by atoms with Gasteiger partial charge in [-0.3, -0.25) is 9.80 Å². The number of aryl methyl sites for hydroxylation is 1. The number of ether oxygens (including phenoxy) is 2. The molecule has 2 aromatic carbocycles. The van der Waals surface area contributed by atoms with Crippen molar-refractivity contribution in [3.63, 3.8) is 0 Å². The zero-order chi connectivity index (χ0) is 20.9. The molecule has 7 heteroatoms. The predicted molar refractivity (Wildman–Crippen MR) is 115 cm³/mol. The summed E-state index contributed by atoms with van der Waals surface area (Å²) in [5.74, 6) is 2.51. The molecule has 1 saturated heterocycles. The lowest BCUT2D eigenvalue weighted by Gasteiger charge is -2.34. The van der Waals surface area contributed by atoms with Gasteiger partial charge in [-0.25, -0.2) is 0 Å². The summed E-state index contributed by atoms with van der Waals surface area (Å²) in [5, 5.41) is 4.14. The highest BCUT2D eigenvalue weighted by atomic mass is 16.5. The van der Waals surface area contributed by atoms with Gasteiger partial charge in [0.25, 0.3) is 0 Å². The van der Waals surface area contributed by atoms with E-state index in [1.807, 2.05) is 18.2 Å². The Hall–Kier alpha value is -2.90. The summed E-state index contributed by atoms with van der Waals surface area (Å²) < 4.78 is 16.1. The van der Waals surface area contributed by atoms with Crippen LogP contribution in [0, 0.1) is 6.92 Å². The number of methoxy groups -OCH3 is 2. The highest BCUT2D eigenvalue weighted by Crippen LogP contribution is 2.31. The number of aromatic nitrogens is 2. The zero-order valence-corrected chi connectivity index (χ0v) is 17.8. The van der Waals surface area contributed by atoms with Gasteiger partial charge in [-0.05, 0) is 36.2 Å². The minimum Gasteiger partial charge on any atom is -0.493 e. The third-order valence-corrected chi connectivity index (χ3v) is 5.59. The molecule has 0 atom stereocenters. The number of hydrogen-bond donors (Lipinski definition) is 0. The van der Waals surface area contributed by atoms with E-state index in [1.54, 1.807) is 14.2 Å². The zero-order valence-electron chi connectivity index (χ0n) is 17.8. The maximum atomic E-state index is 5.50. The summed E-state index contributed by atoms with van der Waals surface area (Å²) in [5.41, 5.74) is 3.60. The summed E-state index contributed by atoms with van der Waals surface area (Å²) in [7, 11) is 3.23. The van der Waals surface area contributed by atoms with Crippen molar-refractivity contribution in [2.24, 2.45) is 0 Å². The predicted octanol–water partition coefficient (Wildman–Crippen LogP) is 3.38. The van der Waals surface area contributed by atoms with E-state index in [-0.39, 0.29) is 0 Å². The maximum Gasteiger partial charge on any atom is 0.241 e. The van der Waals surface area contributed by atoms with E-state index in [1.165, 1.54) is 11.1 Å². The van der Waals surface area contributed by atoms with Crippen LogP contribution in [-0.2, 0) is 13.1 Å². The van der Waals surface area contributed by atoms with E-state index in [4.69, 9.17) is 14.0 Å². The number of nitrogens with zero attached hydrogens (tertiary/aromatic N) is 4. The van der Waals surface area contributed by atoms with Crippen molar-refractivity contribution < 1.29 is 14.0 Å². The van der Waals surface area contributed by atoms with Gasteiger partial charge in [0, 0.05) is 38.3 Å². The average Bonchev–Trinajstić information content (AvgIpc) is 3.24. The number of piperazine rings is 1. The molecule has 7 nitrogen and oxygen atoms in total. The Balaban J connectivity index is 1.33. The van der Waals surface area contributed by atoms with Crippen LogP contribution in [0.4, 0.5) is 0 Å². The topological polar surface area (TPSA) is 63.9 Å². The summed E-state index contributed by atoms with van der Waals surface area (Å²) in [6.07, 6.45) is 0. The Kier molecular flexibility index (Phi) is 6.30. The molecule has 2 heterocycles. The van der Waals surface area contributed by atoms with Crippen LogP contribution >= 0.6 is 0 Å². The molecule has 0 N–H and O–H groups in total. The molecular formula is C23H28N4O3. The van der Waals surface area contributed by atoms with Gasteiger partial charge in [0.2, 0.25) is 11.7 Å². The summed E-state index contributed by atoms with van der Waals surface area (Å²) in [6, 6.07) is 14.2. The molecule has 1 aliphatic heterocycles. The fraction of sp³-hybridized carbons (Fsp3) is 0.391. The highest BCUT2D eigenvalue weighted by molar-refractivity contribution is 5.60. The lowest BCUT2D eigenvalue weighted by molar-refractivity contribution is 0.112. The molecule has 0 unspecified atom stereocenters. The van der Waals surface area contributed by atoms with Gasteiger partial charge in [-0.15, -0.1) is 0 Å². The van der Waals surface area contributed by atoms with Crippen molar-refractivity contribution in [2.75, 3.05) is 40.4 Å². The molecule has 0 radical (unpaired) electrons. The first-order chi connectivity index (χ1) is 14.7. The third-order valence-electron chi connectivity index (χ3n) is 5.59. The van der Waals surface area contributed by atoms with E-state index in [2.05, 4.69) is 51.1 Å². The van der Waals surface area contributed by atoms with Gasteiger partial charge in [0.1, 0.15) is 0 Å². The summed E-state index contributed by atoms with van der Waals surface area (Å²) in [6.45, 7) is 7.89. The van der Waals surface area contributed by atoms with Gasteiger partial charge in [-0.2, -0.15) is 4.98 Å². The quantitative estimate of drug-likeness (QED) is 0.594. The molecule has 0 amide bonds. The fourth-order valence-electron chi connectivity index (χ4n) is 3.74. The van der Waals surface area contributed by atoms with E-state index in [0.717, 1.165) is 38.3 Å². The van der Waals surface area contributed by atoms with Crippen molar-refractivity contribution in [3.05, 3.63) is 59.5 Å². The lowest BCUT2D eigenvalue weighted by atomic mass is 10.1. The summed E-state index contributed by atoms with van der Waals surface area (Å²) >= 11 is 0. The van der Waals surface area contributed by atoms with Gasteiger partial charge in [0.05, 0.1) is 20.8 Å². The van der Waals surface area contributed by atoms with Crippen LogP contribution in [0.3, 0.4) is 0 Å². The Morgan fingerprint density at radius 3 is 2.30 bits per heavy atom. The maximum absolute atomic E-state index is 5.50. The van der Waals surface area contributed by atoms with Crippen LogP contribution in [0.1, 0.15) is 17.0 Å². The molecule has 1 fully saturated rings. The van der Waals surface area contributed by atoms with E-state index >= 15 is 0 Å². The molecular weight excluding hydrogens is 380 g/mol. The van der Waals surface area contributed by atoms with E-state index in [9.17, 15) is 0 Å². The molecule has 158 valence electrons. The van der Waals surface area contributed by atoms with Gasteiger partial charge in [0.15, 0.2) is 11.5 Å². The minimum absolute atomic E-state index is 0.559. The molecule has 1 aromatic heterocycles. The number of benzene rings is 2. The largest absolute Gasteiger partial charge is 0.493 e. The molecule has 0 bridgehead atoms. The first kappa shape index (κ1) is 20.4. The lowest BCUT2D eigenvalue weighted by Crippen LogP contribution is -2.45. The smallest absolute Gasteiger partial charge is 0.241 e. The second-order valence-corrected chi connectivity index (χ2v) is 7.56. The normalized spacial score (nSPS) is 15.3. The molecule has 1 aliphatic rings. The van der Waals surface area contributed by atoms with Crippen molar-refractivity contribution in [1.29, 1.82) is 0 Å². The van der Waals surface area contributed by atoms with E-state index in [0.29, 0.717) is 29.8 Å². The number of rotatable bonds is 7. The summed E-state index contributed by atoms with van der Waals surface area (Å²) in [4.78, 5) is 9.44. The first-order valence-corrected chi connectivity index (χ1v) is 10.2. The molecule has 0 aliphatic carbocycles. The van der Waals surface area contributed by atoms with Crippen LogP contribution in [-0.4, -0.2) is 60.3 Å². The highest BCUT2D eigenvalue weighted by Gasteiger charge is 2.20. The Morgan fingerprint density at radius 2 is 1.60 bits per heavy atom. The van der Waals surface area contributed by atoms with Crippen molar-refractivity contribution in [1.82, 2.24) is 19.9 Å². The van der Waals surface area contributed by atoms with Gasteiger partial charge in [-0.1, -0.05) is 29.4 Å². The molecule has 30 heavy (non-hydrogen) atoms. The first-order valence-electron chi connectivity index (χ1n) is 10.2. The molecule has 0 saturated carbocycles. The number of hydrogen-bond acceptors (Lipinski definition) is 7. The van der Waals surface area contributed by atoms with Gasteiger partial charge >= 0.3 is 0 Å². The SMILES string of the molecule is COc1ccc(-c2noc(CN3CCN(Cc4ccccc4C)CC3)n2)cc1OC. The second kappa shape index (κ2) is 9.28. The van der Waals surface area contributed by atoms with Crippen LogP contribution in [0.25, 0.3) is 11.4 Å². The Morgan fingerprint density at radius 1 is 0.900 bits per heavy atom. The third kappa shape index (κ3) is 4.63. The van der Waals surface area contributed by atoms with Crippen LogP contribution in [0.5, 0.6) is 11.5 Å². The monoisotopic (exact) mass is 408 g/mol. The van der Waals surface area contributed by atoms with E-state index < -0.39 is 0 Å². The molecule has 4 rings (SSSR count). The molecule has 0 spiro atoms. The average molecular weight is 409 g/mol. The second-order valence-electron chi connectivity index (χ2n) is 7.56. The minimum atomic E-state index is 0.559. The van der Waals surface area contributed by atoms with Gasteiger partial charge < -0.3 is 14.0 Å². The Labute approximate surface area is 177 Å². The van der Waals surface area contributed by atoms with Crippen molar-refractivity contribution in [3.8, 4) is 22.9 Å².